The lowest BCUT2D eigenvalue weighted by Gasteiger charge is -2.21. The highest BCUT2D eigenvalue weighted by Crippen LogP contribution is 2.57. The Hall–Kier alpha value is -2.36. The van der Waals surface area contributed by atoms with Crippen LogP contribution < -0.4 is 18.9 Å². The molecule has 2 aromatic carbocycles. The first-order valence-electron chi connectivity index (χ1n) is 8.18. The molecule has 24 heavy (non-hydrogen) atoms. The maximum Gasteiger partial charge on any atom is 0.207 e. The summed E-state index contributed by atoms with van der Waals surface area (Å²) in [7, 11) is 4.92. The molecule has 0 radical (unpaired) electrons. The van der Waals surface area contributed by atoms with Crippen molar-refractivity contribution in [3.63, 3.8) is 0 Å². The van der Waals surface area contributed by atoms with Crippen LogP contribution in [0.3, 0.4) is 0 Å². The van der Waals surface area contributed by atoms with Gasteiger partial charge in [0.15, 0.2) is 11.5 Å². The predicted molar refractivity (Wildman–Crippen MR) is 94.7 cm³/mol. The molecule has 1 aliphatic carbocycles. The van der Waals surface area contributed by atoms with E-state index in [-0.39, 0.29) is 0 Å². The van der Waals surface area contributed by atoms with Crippen molar-refractivity contribution in [2.45, 2.75) is 20.3 Å². The minimum absolute atomic E-state index is 0.419. The zero-order chi connectivity index (χ0) is 17.3. The van der Waals surface area contributed by atoms with Crippen LogP contribution in [0.25, 0.3) is 11.1 Å². The molecule has 0 N–H and O–H groups in total. The maximum absolute atomic E-state index is 6.14. The Balaban J connectivity index is 2.27. The summed E-state index contributed by atoms with van der Waals surface area (Å²) in [6.07, 6.45) is 0.801. The topological polar surface area (TPSA) is 36.9 Å². The van der Waals surface area contributed by atoms with Crippen molar-refractivity contribution in [1.29, 1.82) is 0 Å². The van der Waals surface area contributed by atoms with E-state index in [9.17, 15) is 0 Å². The van der Waals surface area contributed by atoms with Crippen molar-refractivity contribution in [3.8, 4) is 34.1 Å². The average Bonchev–Trinajstić information content (AvgIpc) is 2.97. The molecule has 0 fully saturated rings. The van der Waals surface area contributed by atoms with Crippen molar-refractivity contribution >= 4 is 0 Å². The van der Waals surface area contributed by atoms with Gasteiger partial charge in [-0.25, -0.2) is 0 Å². The van der Waals surface area contributed by atoms with Gasteiger partial charge in [0.2, 0.25) is 11.5 Å². The van der Waals surface area contributed by atoms with Crippen LogP contribution in [0.5, 0.6) is 23.0 Å². The maximum atomic E-state index is 6.14. The largest absolute Gasteiger partial charge is 0.492 e. The molecule has 0 atom stereocenters. The highest BCUT2D eigenvalue weighted by molar-refractivity contribution is 5.89. The SMILES string of the molecule is COc1c(OCC(C)C)c2c(c(OC)c1OC)-c1ccccc1C2. The van der Waals surface area contributed by atoms with E-state index in [0.717, 1.165) is 23.3 Å². The van der Waals surface area contributed by atoms with Gasteiger partial charge in [-0.1, -0.05) is 38.1 Å². The Morgan fingerprint density at radius 1 is 0.875 bits per heavy atom. The molecule has 0 amide bonds. The van der Waals surface area contributed by atoms with Crippen molar-refractivity contribution in [1.82, 2.24) is 0 Å². The molecular formula is C20H24O4. The monoisotopic (exact) mass is 328 g/mol. The van der Waals surface area contributed by atoms with Crippen LogP contribution in [0.1, 0.15) is 25.0 Å². The smallest absolute Gasteiger partial charge is 0.207 e. The standard InChI is InChI=1S/C20H24O4/c1-12(2)11-24-17-15-10-13-8-6-7-9-14(13)16(15)18(21-3)20(23-5)19(17)22-4/h6-9,12H,10-11H2,1-5H3. The van der Waals surface area contributed by atoms with Crippen LogP contribution in [0, 0.1) is 5.92 Å². The zero-order valence-electron chi connectivity index (χ0n) is 14.9. The fourth-order valence-corrected chi connectivity index (χ4v) is 3.24. The summed E-state index contributed by atoms with van der Waals surface area (Å²) in [5.74, 6) is 3.05. The lowest BCUT2D eigenvalue weighted by atomic mass is 10.0. The molecule has 2 aromatic rings. The molecular weight excluding hydrogens is 304 g/mol. The first-order valence-corrected chi connectivity index (χ1v) is 8.18. The lowest BCUT2D eigenvalue weighted by molar-refractivity contribution is 0.247. The fourth-order valence-electron chi connectivity index (χ4n) is 3.24. The number of ether oxygens (including phenoxy) is 4. The van der Waals surface area contributed by atoms with Crippen molar-refractivity contribution < 1.29 is 18.9 Å². The summed E-state index contributed by atoms with van der Waals surface area (Å²) in [5, 5.41) is 0. The minimum Gasteiger partial charge on any atom is -0.492 e. The summed E-state index contributed by atoms with van der Waals surface area (Å²) < 4.78 is 23.1. The Morgan fingerprint density at radius 3 is 2.12 bits per heavy atom. The van der Waals surface area contributed by atoms with Crippen LogP contribution in [-0.4, -0.2) is 27.9 Å². The van der Waals surface area contributed by atoms with E-state index in [2.05, 4.69) is 32.0 Å². The summed E-state index contributed by atoms with van der Waals surface area (Å²) in [6.45, 7) is 4.87. The van der Waals surface area contributed by atoms with Crippen LogP contribution in [0.2, 0.25) is 0 Å². The van der Waals surface area contributed by atoms with Gasteiger partial charge in [0.25, 0.3) is 0 Å². The van der Waals surface area contributed by atoms with Gasteiger partial charge in [-0.3, -0.25) is 0 Å². The average molecular weight is 328 g/mol. The van der Waals surface area contributed by atoms with E-state index < -0.39 is 0 Å². The second-order valence-electron chi connectivity index (χ2n) is 6.32. The van der Waals surface area contributed by atoms with Crippen molar-refractivity contribution in [2.75, 3.05) is 27.9 Å². The highest BCUT2D eigenvalue weighted by Gasteiger charge is 2.33. The normalized spacial score (nSPS) is 11.9. The minimum atomic E-state index is 0.419. The van der Waals surface area contributed by atoms with Gasteiger partial charge in [-0.05, 0) is 17.0 Å². The molecule has 0 aliphatic heterocycles. The predicted octanol–water partition coefficient (Wildman–Crippen LogP) is 4.32. The molecule has 4 heteroatoms. The molecule has 1 aliphatic rings. The summed E-state index contributed by atoms with van der Waals surface area (Å²) in [4.78, 5) is 0. The second-order valence-corrected chi connectivity index (χ2v) is 6.32. The van der Waals surface area contributed by atoms with Gasteiger partial charge in [-0.2, -0.15) is 0 Å². The Morgan fingerprint density at radius 2 is 1.50 bits per heavy atom. The quantitative estimate of drug-likeness (QED) is 0.675. The molecule has 128 valence electrons. The third-order valence-electron chi connectivity index (χ3n) is 4.25. The molecule has 0 saturated carbocycles. The molecule has 0 heterocycles. The molecule has 0 saturated heterocycles. The van der Waals surface area contributed by atoms with Crippen LogP contribution in [0.4, 0.5) is 0 Å². The summed E-state index contributed by atoms with van der Waals surface area (Å²) in [6, 6.07) is 8.35. The first kappa shape index (κ1) is 16.5. The number of hydrogen-bond donors (Lipinski definition) is 0. The Bertz CT molecular complexity index is 750. The van der Waals surface area contributed by atoms with Gasteiger partial charge in [0.1, 0.15) is 0 Å². The molecule has 0 aromatic heterocycles. The summed E-state index contributed by atoms with van der Waals surface area (Å²) in [5.41, 5.74) is 4.58. The van der Waals surface area contributed by atoms with Crippen molar-refractivity contribution in [2.24, 2.45) is 5.92 Å². The van der Waals surface area contributed by atoms with E-state index in [1.165, 1.54) is 11.1 Å². The summed E-state index contributed by atoms with van der Waals surface area (Å²) >= 11 is 0. The number of hydrogen-bond acceptors (Lipinski definition) is 4. The van der Waals surface area contributed by atoms with E-state index >= 15 is 0 Å². The second kappa shape index (κ2) is 6.63. The van der Waals surface area contributed by atoms with E-state index in [1.807, 2.05) is 6.07 Å². The number of methoxy groups -OCH3 is 3. The fraction of sp³-hybridized carbons (Fsp3) is 0.400. The zero-order valence-corrected chi connectivity index (χ0v) is 14.9. The van der Waals surface area contributed by atoms with Gasteiger partial charge >= 0.3 is 0 Å². The van der Waals surface area contributed by atoms with E-state index in [0.29, 0.717) is 29.8 Å². The Kier molecular flexibility index (Phi) is 4.56. The number of rotatable bonds is 6. The van der Waals surface area contributed by atoms with Gasteiger partial charge in [0, 0.05) is 17.5 Å². The number of benzene rings is 2. The van der Waals surface area contributed by atoms with Gasteiger partial charge in [-0.15, -0.1) is 0 Å². The Labute approximate surface area is 143 Å². The van der Waals surface area contributed by atoms with Gasteiger partial charge < -0.3 is 18.9 Å². The van der Waals surface area contributed by atoms with Crippen LogP contribution in [-0.2, 0) is 6.42 Å². The highest BCUT2D eigenvalue weighted by atomic mass is 16.5. The van der Waals surface area contributed by atoms with Crippen LogP contribution in [0.15, 0.2) is 24.3 Å². The molecule has 3 rings (SSSR count). The lowest BCUT2D eigenvalue weighted by Crippen LogP contribution is -2.09. The number of fused-ring (bicyclic) bond motifs is 3. The third kappa shape index (κ3) is 2.56. The van der Waals surface area contributed by atoms with Crippen LogP contribution >= 0.6 is 0 Å². The van der Waals surface area contributed by atoms with E-state index in [4.69, 9.17) is 18.9 Å². The van der Waals surface area contributed by atoms with E-state index in [1.54, 1.807) is 21.3 Å². The molecule has 0 spiro atoms. The molecule has 4 nitrogen and oxygen atoms in total. The molecule has 0 bridgehead atoms. The van der Waals surface area contributed by atoms with Crippen molar-refractivity contribution in [3.05, 3.63) is 35.4 Å². The first-order chi connectivity index (χ1) is 11.6. The third-order valence-corrected chi connectivity index (χ3v) is 4.25. The van der Waals surface area contributed by atoms with Gasteiger partial charge in [0.05, 0.1) is 27.9 Å². The molecule has 0 unspecified atom stereocenters.